The van der Waals surface area contributed by atoms with Gasteiger partial charge in [-0.2, -0.15) is 0 Å². The van der Waals surface area contributed by atoms with Crippen LogP contribution in [0.25, 0.3) is 0 Å². The molecule has 1 amide bonds. The van der Waals surface area contributed by atoms with Crippen molar-refractivity contribution in [3.05, 3.63) is 12.1 Å². The average Bonchev–Trinajstić information content (AvgIpc) is 3.03. The van der Waals surface area contributed by atoms with E-state index in [0.717, 1.165) is 31.5 Å². The molecular formula is C16H24N4O. The quantitative estimate of drug-likeness (QED) is 0.891. The Labute approximate surface area is 125 Å². The van der Waals surface area contributed by atoms with Crippen LogP contribution in [0.15, 0.2) is 12.1 Å². The number of nitrogens with zero attached hydrogens (tertiary/aromatic N) is 2. The second-order valence-electron chi connectivity index (χ2n) is 6.25. The molecule has 2 aliphatic carbocycles. The number of carbonyl (C=O) groups excluding carboxylic acids is 1. The first-order chi connectivity index (χ1) is 10.3. The van der Waals surface area contributed by atoms with Crippen LogP contribution in [0.5, 0.6) is 0 Å². The van der Waals surface area contributed by atoms with Gasteiger partial charge in [-0.1, -0.05) is 32.1 Å². The summed E-state index contributed by atoms with van der Waals surface area (Å²) in [4.78, 5) is 12.1. The van der Waals surface area contributed by atoms with Crippen LogP contribution in [-0.2, 0) is 4.79 Å². The minimum Gasteiger partial charge on any atom is -0.366 e. The minimum absolute atomic E-state index is 0.0977. The molecule has 21 heavy (non-hydrogen) atoms. The average molecular weight is 288 g/mol. The molecule has 114 valence electrons. The number of aromatic nitrogens is 2. The molecule has 0 aromatic carbocycles. The summed E-state index contributed by atoms with van der Waals surface area (Å²) in [6, 6.07) is 4.27. The van der Waals surface area contributed by atoms with Gasteiger partial charge in [0.05, 0.1) is 0 Å². The lowest BCUT2D eigenvalue weighted by Crippen LogP contribution is -2.25. The van der Waals surface area contributed by atoms with Crippen molar-refractivity contribution in [1.29, 1.82) is 0 Å². The van der Waals surface area contributed by atoms with Gasteiger partial charge in [-0.25, -0.2) is 0 Å². The van der Waals surface area contributed by atoms with Gasteiger partial charge in [-0.3, -0.25) is 4.79 Å². The number of rotatable bonds is 4. The van der Waals surface area contributed by atoms with E-state index in [4.69, 9.17) is 0 Å². The topological polar surface area (TPSA) is 66.9 Å². The molecule has 2 aliphatic rings. The van der Waals surface area contributed by atoms with E-state index in [1.807, 2.05) is 12.1 Å². The van der Waals surface area contributed by atoms with Crippen LogP contribution in [0.3, 0.4) is 0 Å². The maximum Gasteiger partial charge on any atom is 0.228 e. The van der Waals surface area contributed by atoms with Crippen molar-refractivity contribution in [2.45, 2.75) is 63.8 Å². The van der Waals surface area contributed by atoms with Crippen LogP contribution < -0.4 is 10.6 Å². The van der Waals surface area contributed by atoms with E-state index in [-0.39, 0.29) is 11.8 Å². The monoisotopic (exact) mass is 288 g/mol. The van der Waals surface area contributed by atoms with Crippen molar-refractivity contribution < 1.29 is 4.79 Å². The third-order valence-electron chi connectivity index (χ3n) is 4.60. The van der Waals surface area contributed by atoms with E-state index < -0.39 is 0 Å². The van der Waals surface area contributed by atoms with Crippen LogP contribution in [0.4, 0.5) is 11.6 Å². The van der Waals surface area contributed by atoms with Crippen LogP contribution >= 0.6 is 0 Å². The van der Waals surface area contributed by atoms with Crippen LogP contribution in [0, 0.1) is 5.92 Å². The molecule has 5 heteroatoms. The Morgan fingerprint density at radius 3 is 2.19 bits per heavy atom. The highest BCUT2D eigenvalue weighted by Gasteiger charge is 2.21. The first kappa shape index (κ1) is 14.3. The number of amides is 1. The lowest BCUT2D eigenvalue weighted by molar-refractivity contribution is -0.120. The predicted octanol–water partition coefficient (Wildman–Crippen LogP) is 3.35. The predicted molar refractivity (Wildman–Crippen MR) is 83.1 cm³/mol. The minimum atomic E-state index is 0.0977. The molecular weight excluding hydrogens is 264 g/mol. The maximum absolute atomic E-state index is 12.1. The van der Waals surface area contributed by atoms with Gasteiger partial charge in [0.1, 0.15) is 5.82 Å². The fraction of sp³-hybridized carbons (Fsp3) is 0.688. The SMILES string of the molecule is O=C(Nc1ccc(NC2CCCC2)nn1)C1CCCCC1. The summed E-state index contributed by atoms with van der Waals surface area (Å²) in [5, 5.41) is 14.6. The molecule has 2 fully saturated rings. The molecule has 0 radical (unpaired) electrons. The Hall–Kier alpha value is -1.65. The van der Waals surface area contributed by atoms with Crippen molar-refractivity contribution in [1.82, 2.24) is 10.2 Å². The first-order valence-corrected chi connectivity index (χ1v) is 8.22. The first-order valence-electron chi connectivity index (χ1n) is 8.22. The fourth-order valence-electron chi connectivity index (χ4n) is 3.35. The molecule has 0 saturated heterocycles. The zero-order chi connectivity index (χ0) is 14.5. The second-order valence-corrected chi connectivity index (χ2v) is 6.25. The number of hydrogen-bond donors (Lipinski definition) is 2. The molecule has 0 bridgehead atoms. The number of anilines is 2. The van der Waals surface area contributed by atoms with Gasteiger partial charge in [0.2, 0.25) is 5.91 Å². The van der Waals surface area contributed by atoms with Gasteiger partial charge in [0, 0.05) is 12.0 Å². The summed E-state index contributed by atoms with van der Waals surface area (Å²) in [5.74, 6) is 1.61. The maximum atomic E-state index is 12.1. The van der Waals surface area contributed by atoms with Gasteiger partial charge in [-0.15, -0.1) is 10.2 Å². The van der Waals surface area contributed by atoms with Gasteiger partial charge in [0.15, 0.2) is 5.82 Å². The lowest BCUT2D eigenvalue weighted by Gasteiger charge is -2.20. The highest BCUT2D eigenvalue weighted by atomic mass is 16.1. The Balaban J connectivity index is 1.52. The largest absolute Gasteiger partial charge is 0.366 e. The summed E-state index contributed by atoms with van der Waals surface area (Å²) in [7, 11) is 0. The molecule has 3 rings (SSSR count). The molecule has 1 heterocycles. The highest BCUT2D eigenvalue weighted by Crippen LogP contribution is 2.25. The lowest BCUT2D eigenvalue weighted by atomic mass is 9.89. The Bertz CT molecular complexity index is 462. The summed E-state index contributed by atoms with van der Waals surface area (Å²) in [6.45, 7) is 0. The van der Waals surface area contributed by atoms with Crippen molar-refractivity contribution >= 4 is 17.5 Å². The summed E-state index contributed by atoms with van der Waals surface area (Å²) < 4.78 is 0. The van der Waals surface area contributed by atoms with Crippen LogP contribution in [0.2, 0.25) is 0 Å². The van der Waals surface area contributed by atoms with Crippen molar-refractivity contribution in [2.24, 2.45) is 5.92 Å². The van der Waals surface area contributed by atoms with Crippen molar-refractivity contribution in [2.75, 3.05) is 10.6 Å². The van der Waals surface area contributed by atoms with E-state index in [1.165, 1.54) is 32.1 Å². The van der Waals surface area contributed by atoms with Crippen molar-refractivity contribution in [3.8, 4) is 0 Å². The molecule has 0 atom stereocenters. The molecule has 1 aromatic rings. The zero-order valence-corrected chi connectivity index (χ0v) is 12.5. The van der Waals surface area contributed by atoms with Gasteiger partial charge in [0.25, 0.3) is 0 Å². The highest BCUT2D eigenvalue weighted by molar-refractivity contribution is 5.91. The van der Waals surface area contributed by atoms with E-state index >= 15 is 0 Å². The van der Waals surface area contributed by atoms with E-state index in [2.05, 4.69) is 20.8 Å². The molecule has 0 unspecified atom stereocenters. The Morgan fingerprint density at radius 2 is 1.52 bits per heavy atom. The molecule has 1 aromatic heterocycles. The van der Waals surface area contributed by atoms with E-state index in [0.29, 0.717) is 11.9 Å². The smallest absolute Gasteiger partial charge is 0.228 e. The van der Waals surface area contributed by atoms with Crippen LogP contribution in [-0.4, -0.2) is 22.1 Å². The van der Waals surface area contributed by atoms with Crippen LogP contribution in [0.1, 0.15) is 57.8 Å². The standard InChI is InChI=1S/C16H24N4O/c21-16(12-6-2-1-3-7-12)18-15-11-10-14(19-20-15)17-13-8-4-5-9-13/h10-13H,1-9H2,(H,17,19)(H,18,20,21). The molecule has 5 nitrogen and oxygen atoms in total. The number of carbonyl (C=O) groups is 1. The summed E-state index contributed by atoms with van der Waals surface area (Å²) in [5.41, 5.74) is 0. The normalized spacial score (nSPS) is 20.4. The second kappa shape index (κ2) is 6.87. The molecule has 0 aliphatic heterocycles. The third-order valence-corrected chi connectivity index (χ3v) is 4.60. The Kier molecular flexibility index (Phi) is 4.68. The van der Waals surface area contributed by atoms with Gasteiger partial charge < -0.3 is 10.6 Å². The Morgan fingerprint density at radius 1 is 0.905 bits per heavy atom. The van der Waals surface area contributed by atoms with Gasteiger partial charge >= 0.3 is 0 Å². The summed E-state index contributed by atoms with van der Waals surface area (Å²) in [6.07, 6.45) is 10.6. The van der Waals surface area contributed by atoms with E-state index in [1.54, 1.807) is 0 Å². The summed E-state index contributed by atoms with van der Waals surface area (Å²) >= 11 is 0. The zero-order valence-electron chi connectivity index (χ0n) is 12.5. The molecule has 0 spiro atoms. The van der Waals surface area contributed by atoms with Crippen molar-refractivity contribution in [3.63, 3.8) is 0 Å². The molecule has 2 N–H and O–H groups in total. The number of hydrogen-bond acceptors (Lipinski definition) is 4. The fourth-order valence-corrected chi connectivity index (χ4v) is 3.35. The van der Waals surface area contributed by atoms with E-state index in [9.17, 15) is 4.79 Å². The van der Waals surface area contributed by atoms with Gasteiger partial charge in [-0.05, 0) is 37.8 Å². The third kappa shape index (κ3) is 3.93. The number of nitrogens with one attached hydrogen (secondary N) is 2. The molecule has 2 saturated carbocycles.